The highest BCUT2D eigenvalue weighted by molar-refractivity contribution is 6.32. The second-order valence-electron chi connectivity index (χ2n) is 6.32. The molecule has 0 saturated carbocycles. The lowest BCUT2D eigenvalue weighted by atomic mass is 10.2. The van der Waals surface area contributed by atoms with E-state index in [1.54, 1.807) is 12.1 Å². The van der Waals surface area contributed by atoms with E-state index in [4.69, 9.17) is 11.6 Å². The van der Waals surface area contributed by atoms with Crippen LogP contribution in [0.1, 0.15) is 0 Å². The topological polar surface area (TPSA) is 65.0 Å². The highest BCUT2D eigenvalue weighted by atomic mass is 35.5. The number of ether oxygens (including phenoxy) is 1. The molecule has 0 radical (unpaired) electrons. The Morgan fingerprint density at radius 2 is 1.89 bits per heavy atom. The quantitative estimate of drug-likeness (QED) is 0.762. The first kappa shape index (κ1) is 20.2. The van der Waals surface area contributed by atoms with Crippen LogP contribution in [0, 0.1) is 0 Å². The fourth-order valence-electron chi connectivity index (χ4n) is 3.05. The standard InChI is InChI=1S/C19H20ClF2N3O3/c20-14-11-13(5-6-17(14)28-19(21)22)23-18(27)12-24-7-9-25(10-8-24)15-3-1-2-4-16(15)26/h1-6,11,19,26H,7-10,12H2,(H,23,27). The summed E-state index contributed by atoms with van der Waals surface area (Å²) in [5.74, 6) is -0.130. The van der Waals surface area contributed by atoms with Crippen molar-refractivity contribution < 1.29 is 23.4 Å². The number of carbonyl (C=O) groups is 1. The van der Waals surface area contributed by atoms with Gasteiger partial charge in [0.25, 0.3) is 0 Å². The molecule has 6 nitrogen and oxygen atoms in total. The maximum Gasteiger partial charge on any atom is 0.387 e. The average Bonchev–Trinajstić information content (AvgIpc) is 2.65. The first-order chi connectivity index (χ1) is 13.4. The number of nitrogens with one attached hydrogen (secondary N) is 1. The van der Waals surface area contributed by atoms with Gasteiger partial charge in [-0.2, -0.15) is 8.78 Å². The van der Waals surface area contributed by atoms with Gasteiger partial charge in [0.05, 0.1) is 17.3 Å². The van der Waals surface area contributed by atoms with Crippen LogP contribution in [0.25, 0.3) is 0 Å². The molecule has 2 aromatic rings. The summed E-state index contributed by atoms with van der Waals surface area (Å²) >= 11 is 5.89. The average molecular weight is 412 g/mol. The predicted molar refractivity (Wildman–Crippen MR) is 103 cm³/mol. The Morgan fingerprint density at radius 3 is 2.54 bits per heavy atom. The fourth-order valence-corrected chi connectivity index (χ4v) is 3.28. The molecule has 28 heavy (non-hydrogen) atoms. The predicted octanol–water partition coefficient (Wildman–Crippen LogP) is 3.41. The van der Waals surface area contributed by atoms with E-state index in [1.165, 1.54) is 18.2 Å². The molecule has 0 aliphatic carbocycles. The number of hydrogen-bond acceptors (Lipinski definition) is 5. The molecular weight excluding hydrogens is 392 g/mol. The molecule has 1 aliphatic rings. The van der Waals surface area contributed by atoms with Gasteiger partial charge >= 0.3 is 6.61 Å². The Balaban J connectivity index is 1.50. The van der Waals surface area contributed by atoms with Gasteiger partial charge in [-0.3, -0.25) is 9.69 Å². The molecule has 1 saturated heterocycles. The van der Waals surface area contributed by atoms with E-state index in [2.05, 4.69) is 15.0 Å². The van der Waals surface area contributed by atoms with E-state index in [0.717, 1.165) is 5.69 Å². The van der Waals surface area contributed by atoms with Crippen LogP contribution in [-0.2, 0) is 4.79 Å². The molecule has 150 valence electrons. The first-order valence-electron chi connectivity index (χ1n) is 8.72. The van der Waals surface area contributed by atoms with Crippen LogP contribution in [-0.4, -0.2) is 55.2 Å². The number of halogens is 3. The summed E-state index contributed by atoms with van der Waals surface area (Å²) in [4.78, 5) is 16.3. The fraction of sp³-hybridized carbons (Fsp3) is 0.316. The molecule has 0 bridgehead atoms. The number of phenolic OH excluding ortho intramolecular Hbond substituents is 1. The first-order valence-corrected chi connectivity index (χ1v) is 9.09. The molecule has 0 aromatic heterocycles. The van der Waals surface area contributed by atoms with E-state index in [9.17, 15) is 18.7 Å². The zero-order valence-corrected chi connectivity index (χ0v) is 15.7. The van der Waals surface area contributed by atoms with Crippen molar-refractivity contribution in [2.45, 2.75) is 6.61 Å². The van der Waals surface area contributed by atoms with E-state index >= 15 is 0 Å². The number of para-hydroxylation sites is 2. The van der Waals surface area contributed by atoms with Gasteiger partial charge in [-0.25, -0.2) is 0 Å². The van der Waals surface area contributed by atoms with Gasteiger partial charge in [-0.05, 0) is 30.3 Å². The van der Waals surface area contributed by atoms with Crippen molar-refractivity contribution in [3.63, 3.8) is 0 Å². The van der Waals surface area contributed by atoms with E-state index in [1.807, 2.05) is 17.0 Å². The second kappa shape index (κ2) is 9.07. The van der Waals surface area contributed by atoms with E-state index < -0.39 is 6.61 Å². The lowest BCUT2D eigenvalue weighted by molar-refractivity contribution is -0.117. The summed E-state index contributed by atoms with van der Waals surface area (Å²) in [5.41, 5.74) is 1.19. The lowest BCUT2D eigenvalue weighted by Crippen LogP contribution is -2.48. The number of piperazine rings is 1. The van der Waals surface area contributed by atoms with Gasteiger partial charge in [0, 0.05) is 31.9 Å². The van der Waals surface area contributed by atoms with Gasteiger partial charge < -0.3 is 20.1 Å². The van der Waals surface area contributed by atoms with Gasteiger partial charge in [0.2, 0.25) is 5.91 Å². The third-order valence-electron chi connectivity index (χ3n) is 4.39. The molecule has 0 spiro atoms. The highest BCUT2D eigenvalue weighted by Crippen LogP contribution is 2.29. The maximum absolute atomic E-state index is 12.3. The Hall–Kier alpha value is -2.58. The third-order valence-corrected chi connectivity index (χ3v) is 4.69. The van der Waals surface area contributed by atoms with Crippen LogP contribution in [0.4, 0.5) is 20.2 Å². The Labute approximate surface area is 166 Å². The smallest absolute Gasteiger partial charge is 0.387 e. The molecule has 1 aliphatic heterocycles. The molecule has 2 N–H and O–H groups in total. The molecule has 1 amide bonds. The molecule has 1 fully saturated rings. The zero-order valence-electron chi connectivity index (χ0n) is 14.9. The third kappa shape index (κ3) is 5.24. The van der Waals surface area contributed by atoms with Crippen LogP contribution in [0.2, 0.25) is 5.02 Å². The number of benzene rings is 2. The number of amides is 1. The summed E-state index contributed by atoms with van der Waals surface area (Å²) in [5, 5.41) is 12.6. The minimum absolute atomic E-state index is 0.00520. The van der Waals surface area contributed by atoms with Crippen molar-refractivity contribution >= 4 is 28.9 Å². The van der Waals surface area contributed by atoms with Gasteiger partial charge in [0.15, 0.2) is 0 Å². The number of nitrogens with zero attached hydrogens (tertiary/aromatic N) is 2. The Morgan fingerprint density at radius 1 is 1.18 bits per heavy atom. The second-order valence-corrected chi connectivity index (χ2v) is 6.73. The van der Waals surface area contributed by atoms with Crippen LogP contribution in [0.3, 0.4) is 0 Å². The van der Waals surface area contributed by atoms with Gasteiger partial charge in [0.1, 0.15) is 11.5 Å². The number of phenols is 1. The molecule has 2 aromatic carbocycles. The monoisotopic (exact) mass is 411 g/mol. The SMILES string of the molecule is O=C(CN1CCN(c2ccccc2O)CC1)Nc1ccc(OC(F)F)c(Cl)c1. The van der Waals surface area contributed by atoms with Gasteiger partial charge in [-0.1, -0.05) is 23.7 Å². The molecule has 1 heterocycles. The number of rotatable bonds is 6. The normalized spacial score (nSPS) is 14.9. The molecule has 3 rings (SSSR count). The van der Waals surface area contributed by atoms with Crippen LogP contribution >= 0.6 is 11.6 Å². The van der Waals surface area contributed by atoms with Crippen molar-refractivity contribution in [3.05, 3.63) is 47.5 Å². The summed E-state index contributed by atoms with van der Waals surface area (Å²) in [6.07, 6.45) is 0. The van der Waals surface area contributed by atoms with Crippen molar-refractivity contribution in [3.8, 4) is 11.5 Å². The number of aromatic hydroxyl groups is 1. The zero-order chi connectivity index (χ0) is 20.1. The number of carbonyl (C=O) groups excluding carboxylic acids is 1. The van der Waals surface area contributed by atoms with E-state index in [-0.39, 0.29) is 29.0 Å². The minimum Gasteiger partial charge on any atom is -0.506 e. The number of hydrogen-bond donors (Lipinski definition) is 2. The van der Waals surface area contributed by atoms with Crippen molar-refractivity contribution in [2.75, 3.05) is 42.9 Å². The molecule has 9 heteroatoms. The van der Waals surface area contributed by atoms with E-state index in [0.29, 0.717) is 31.9 Å². The van der Waals surface area contributed by atoms with Crippen LogP contribution in [0.15, 0.2) is 42.5 Å². The van der Waals surface area contributed by atoms with Crippen molar-refractivity contribution in [2.24, 2.45) is 0 Å². The lowest BCUT2D eigenvalue weighted by Gasteiger charge is -2.35. The summed E-state index contributed by atoms with van der Waals surface area (Å²) in [6.45, 7) is -0.0453. The van der Waals surface area contributed by atoms with Gasteiger partial charge in [-0.15, -0.1) is 0 Å². The highest BCUT2D eigenvalue weighted by Gasteiger charge is 2.21. The summed E-state index contributed by atoms with van der Waals surface area (Å²) in [7, 11) is 0. The molecule has 0 unspecified atom stereocenters. The minimum atomic E-state index is -2.96. The Bertz CT molecular complexity index is 830. The largest absolute Gasteiger partial charge is 0.506 e. The summed E-state index contributed by atoms with van der Waals surface area (Å²) < 4.78 is 28.8. The molecular formula is C19H20ClF2N3O3. The number of anilines is 2. The van der Waals surface area contributed by atoms with Crippen LogP contribution in [0.5, 0.6) is 11.5 Å². The maximum atomic E-state index is 12.3. The molecule has 0 atom stereocenters. The Kier molecular flexibility index (Phi) is 6.53. The summed E-state index contributed by atoms with van der Waals surface area (Å²) in [6, 6.07) is 11.3. The number of alkyl halides is 2. The van der Waals surface area contributed by atoms with Crippen LogP contribution < -0.4 is 15.0 Å². The van der Waals surface area contributed by atoms with Crippen molar-refractivity contribution in [1.29, 1.82) is 0 Å². The van der Waals surface area contributed by atoms with Crippen molar-refractivity contribution in [1.82, 2.24) is 4.90 Å².